The Kier molecular flexibility index (Phi) is 5.80. The molecule has 0 aromatic carbocycles. The Morgan fingerprint density at radius 1 is 1.33 bits per heavy atom. The van der Waals surface area contributed by atoms with Crippen molar-refractivity contribution in [2.24, 2.45) is 0 Å². The molecule has 2 amide bonds. The van der Waals surface area contributed by atoms with E-state index in [1.807, 2.05) is 0 Å². The molecule has 8 heteroatoms. The second-order valence-corrected chi connectivity index (χ2v) is 5.86. The molecule has 1 aliphatic rings. The van der Waals surface area contributed by atoms with Gasteiger partial charge in [-0.1, -0.05) is 6.07 Å². The molecule has 1 atom stereocenters. The zero-order valence-corrected chi connectivity index (χ0v) is 13.4. The number of amides is 2. The molecular formula is C16H20F3N3O2. The van der Waals surface area contributed by atoms with Crippen molar-refractivity contribution in [1.82, 2.24) is 15.2 Å². The lowest BCUT2D eigenvalue weighted by Crippen LogP contribution is -2.49. The molecule has 1 fully saturated rings. The van der Waals surface area contributed by atoms with Crippen LogP contribution in [0.5, 0.6) is 0 Å². The number of alkyl halides is 3. The lowest BCUT2D eigenvalue weighted by molar-refractivity contribution is -0.141. The number of nitrogens with zero attached hydrogens (tertiary/aromatic N) is 2. The topological polar surface area (TPSA) is 62.3 Å². The van der Waals surface area contributed by atoms with E-state index in [-0.39, 0.29) is 30.0 Å². The monoisotopic (exact) mass is 343 g/mol. The van der Waals surface area contributed by atoms with Crippen molar-refractivity contribution in [3.8, 4) is 0 Å². The van der Waals surface area contributed by atoms with Crippen LogP contribution in [0.15, 0.2) is 18.2 Å². The third-order valence-corrected chi connectivity index (χ3v) is 3.96. The van der Waals surface area contributed by atoms with Gasteiger partial charge in [-0.25, -0.2) is 4.98 Å². The van der Waals surface area contributed by atoms with Crippen molar-refractivity contribution in [2.75, 3.05) is 13.1 Å². The molecule has 0 aliphatic carbocycles. The number of carbonyl (C=O) groups is 2. The van der Waals surface area contributed by atoms with Crippen molar-refractivity contribution < 1.29 is 22.8 Å². The Hall–Kier alpha value is -2.12. The fraction of sp³-hybridized carbons (Fsp3) is 0.562. The van der Waals surface area contributed by atoms with Crippen LogP contribution in [0.2, 0.25) is 0 Å². The molecule has 5 nitrogen and oxygen atoms in total. The summed E-state index contributed by atoms with van der Waals surface area (Å²) in [4.78, 5) is 28.7. The van der Waals surface area contributed by atoms with E-state index in [4.69, 9.17) is 0 Å². The number of aromatic nitrogens is 1. The van der Waals surface area contributed by atoms with Gasteiger partial charge in [0.05, 0.1) is 12.1 Å². The third kappa shape index (κ3) is 4.94. The predicted octanol–water partition coefficient (Wildman–Crippen LogP) is 2.16. The predicted molar refractivity (Wildman–Crippen MR) is 81.0 cm³/mol. The number of likely N-dealkylation sites (tertiary alicyclic amines) is 1. The molecule has 1 N–H and O–H groups in total. The summed E-state index contributed by atoms with van der Waals surface area (Å²) in [7, 11) is 0. The number of hydrogen-bond donors (Lipinski definition) is 1. The van der Waals surface area contributed by atoms with Gasteiger partial charge in [-0.3, -0.25) is 9.59 Å². The van der Waals surface area contributed by atoms with Crippen LogP contribution in [0.3, 0.4) is 0 Å². The van der Waals surface area contributed by atoms with Crippen LogP contribution >= 0.6 is 0 Å². The fourth-order valence-corrected chi connectivity index (χ4v) is 2.80. The molecule has 1 unspecified atom stereocenters. The SMILES string of the molecule is CC(=O)NCC1CCCCN1C(=O)Cc1cccc(C(F)(F)F)n1. The maximum absolute atomic E-state index is 12.7. The van der Waals surface area contributed by atoms with Crippen molar-refractivity contribution in [3.63, 3.8) is 0 Å². The van der Waals surface area contributed by atoms with Crippen LogP contribution in [0.25, 0.3) is 0 Å². The van der Waals surface area contributed by atoms with E-state index in [1.54, 1.807) is 4.90 Å². The standard InChI is InChI=1S/C16H20F3N3O2/c1-11(23)20-10-13-6-2-3-8-22(13)15(24)9-12-5-4-7-14(21-12)16(17,18)19/h4-5,7,13H,2-3,6,8-10H2,1H3,(H,20,23). The summed E-state index contributed by atoms with van der Waals surface area (Å²) in [6, 6.07) is 3.43. The highest BCUT2D eigenvalue weighted by Gasteiger charge is 2.33. The summed E-state index contributed by atoms with van der Waals surface area (Å²) in [5, 5.41) is 2.70. The number of pyridine rings is 1. The Bertz CT molecular complexity index is 604. The Labute approximate surface area is 138 Å². The first-order chi connectivity index (χ1) is 11.3. The van der Waals surface area contributed by atoms with Gasteiger partial charge in [-0.15, -0.1) is 0 Å². The highest BCUT2D eigenvalue weighted by atomic mass is 19.4. The highest BCUT2D eigenvalue weighted by Crippen LogP contribution is 2.27. The lowest BCUT2D eigenvalue weighted by Gasteiger charge is -2.36. The van der Waals surface area contributed by atoms with Crippen LogP contribution in [-0.2, 0) is 22.2 Å². The van der Waals surface area contributed by atoms with E-state index in [9.17, 15) is 22.8 Å². The third-order valence-electron chi connectivity index (χ3n) is 3.96. The first-order valence-electron chi connectivity index (χ1n) is 7.84. The van der Waals surface area contributed by atoms with E-state index in [2.05, 4.69) is 10.3 Å². The second kappa shape index (κ2) is 7.63. The van der Waals surface area contributed by atoms with Gasteiger partial charge in [0.2, 0.25) is 11.8 Å². The van der Waals surface area contributed by atoms with Crippen molar-refractivity contribution in [3.05, 3.63) is 29.6 Å². The average molecular weight is 343 g/mol. The molecule has 0 bridgehead atoms. The van der Waals surface area contributed by atoms with E-state index >= 15 is 0 Å². The van der Waals surface area contributed by atoms with Gasteiger partial charge in [0.1, 0.15) is 5.69 Å². The summed E-state index contributed by atoms with van der Waals surface area (Å²) >= 11 is 0. The minimum absolute atomic E-state index is 0.0960. The average Bonchev–Trinajstić information content (AvgIpc) is 2.52. The highest BCUT2D eigenvalue weighted by molar-refractivity contribution is 5.79. The minimum Gasteiger partial charge on any atom is -0.354 e. The number of piperidine rings is 1. The first-order valence-corrected chi connectivity index (χ1v) is 7.84. The van der Waals surface area contributed by atoms with Crippen LogP contribution in [-0.4, -0.2) is 40.8 Å². The lowest BCUT2D eigenvalue weighted by atomic mass is 10.0. The summed E-state index contributed by atoms with van der Waals surface area (Å²) in [5.41, 5.74) is -0.903. The smallest absolute Gasteiger partial charge is 0.354 e. The van der Waals surface area contributed by atoms with E-state index in [0.29, 0.717) is 13.1 Å². The van der Waals surface area contributed by atoms with Gasteiger partial charge < -0.3 is 10.2 Å². The summed E-state index contributed by atoms with van der Waals surface area (Å²) < 4.78 is 38.1. The number of hydrogen-bond acceptors (Lipinski definition) is 3. The molecule has 1 saturated heterocycles. The molecule has 1 aromatic heterocycles. The minimum atomic E-state index is -4.53. The molecule has 0 saturated carbocycles. The number of carbonyl (C=O) groups excluding carboxylic acids is 2. The maximum atomic E-state index is 12.7. The largest absolute Gasteiger partial charge is 0.433 e. The molecule has 2 rings (SSSR count). The molecule has 0 radical (unpaired) electrons. The Morgan fingerprint density at radius 2 is 2.08 bits per heavy atom. The molecule has 1 aliphatic heterocycles. The molecule has 0 spiro atoms. The Balaban J connectivity index is 2.05. The zero-order valence-electron chi connectivity index (χ0n) is 13.4. The van der Waals surface area contributed by atoms with Gasteiger partial charge in [0.15, 0.2) is 0 Å². The molecule has 24 heavy (non-hydrogen) atoms. The van der Waals surface area contributed by atoms with Crippen molar-refractivity contribution in [2.45, 2.75) is 44.8 Å². The molecule has 132 valence electrons. The van der Waals surface area contributed by atoms with Gasteiger partial charge >= 0.3 is 6.18 Å². The van der Waals surface area contributed by atoms with Gasteiger partial charge in [-0.05, 0) is 31.4 Å². The van der Waals surface area contributed by atoms with E-state index in [0.717, 1.165) is 25.3 Å². The van der Waals surface area contributed by atoms with Gasteiger partial charge in [0.25, 0.3) is 0 Å². The Morgan fingerprint density at radius 3 is 2.75 bits per heavy atom. The van der Waals surface area contributed by atoms with Crippen LogP contribution < -0.4 is 5.32 Å². The normalized spacial score (nSPS) is 18.3. The molecule has 2 heterocycles. The van der Waals surface area contributed by atoms with Crippen molar-refractivity contribution in [1.29, 1.82) is 0 Å². The van der Waals surface area contributed by atoms with Crippen LogP contribution in [0.1, 0.15) is 37.6 Å². The van der Waals surface area contributed by atoms with E-state index in [1.165, 1.54) is 19.1 Å². The summed E-state index contributed by atoms with van der Waals surface area (Å²) in [6.07, 6.45) is -2.14. The molecule has 1 aromatic rings. The van der Waals surface area contributed by atoms with Crippen LogP contribution in [0.4, 0.5) is 13.2 Å². The maximum Gasteiger partial charge on any atom is 0.433 e. The number of halogens is 3. The first kappa shape index (κ1) is 18.2. The van der Waals surface area contributed by atoms with Gasteiger partial charge in [-0.2, -0.15) is 13.2 Å². The van der Waals surface area contributed by atoms with Gasteiger partial charge in [0, 0.05) is 26.1 Å². The van der Waals surface area contributed by atoms with Crippen molar-refractivity contribution >= 4 is 11.8 Å². The zero-order chi connectivity index (χ0) is 17.7. The quantitative estimate of drug-likeness (QED) is 0.911. The fourth-order valence-electron chi connectivity index (χ4n) is 2.80. The van der Waals surface area contributed by atoms with E-state index < -0.39 is 11.9 Å². The molecular weight excluding hydrogens is 323 g/mol. The number of rotatable bonds is 4. The summed E-state index contributed by atoms with van der Waals surface area (Å²) in [5.74, 6) is -0.440. The van der Waals surface area contributed by atoms with Crippen LogP contribution in [0, 0.1) is 0 Å². The number of nitrogens with one attached hydrogen (secondary N) is 1. The summed E-state index contributed by atoms with van der Waals surface area (Å²) in [6.45, 7) is 2.31. The second-order valence-electron chi connectivity index (χ2n) is 5.86.